The van der Waals surface area contributed by atoms with Gasteiger partial charge in [-0.15, -0.1) is 0 Å². The van der Waals surface area contributed by atoms with Crippen LogP contribution in [0.4, 0.5) is 10.1 Å². The molecule has 1 aromatic heterocycles. The maximum Gasteiger partial charge on any atom is 0.252 e. The number of hydrogen-bond acceptors (Lipinski definition) is 4. The molecule has 0 aliphatic heterocycles. The second-order valence-corrected chi connectivity index (χ2v) is 8.37. The third-order valence-electron chi connectivity index (χ3n) is 3.67. The zero-order chi connectivity index (χ0) is 19.1. The molecule has 3 aromatic rings. The van der Waals surface area contributed by atoms with Crippen LogP contribution in [0, 0.1) is 5.82 Å². The number of sulfonamides is 1. The van der Waals surface area contributed by atoms with E-state index in [1.807, 2.05) is 0 Å². The number of carbonyl (C=O) groups excluding carboxylic acids is 1. The summed E-state index contributed by atoms with van der Waals surface area (Å²) in [6, 6.07) is 8.83. The van der Waals surface area contributed by atoms with Gasteiger partial charge in [0.05, 0.1) is 17.5 Å². The van der Waals surface area contributed by atoms with Gasteiger partial charge in [-0.25, -0.2) is 12.8 Å². The van der Waals surface area contributed by atoms with Crippen LogP contribution in [0.1, 0.15) is 21.7 Å². The average Bonchev–Trinajstić information content (AvgIpc) is 2.85. The molecule has 0 bridgehead atoms. The second kappa shape index (κ2) is 6.73. The van der Waals surface area contributed by atoms with Gasteiger partial charge in [0, 0.05) is 22.3 Å². The molecule has 0 saturated heterocycles. The van der Waals surface area contributed by atoms with Crippen molar-refractivity contribution < 1.29 is 22.0 Å². The van der Waals surface area contributed by atoms with Crippen molar-refractivity contribution in [1.29, 1.82) is 0 Å². The summed E-state index contributed by atoms with van der Waals surface area (Å²) in [4.78, 5) is 11.9. The maximum absolute atomic E-state index is 13.1. The normalized spacial score (nSPS) is 11.7. The van der Waals surface area contributed by atoms with Gasteiger partial charge in [0.15, 0.2) is 0 Å². The number of nitrogens with one attached hydrogen (secondary N) is 1. The summed E-state index contributed by atoms with van der Waals surface area (Å²) in [5.41, 5.74) is 7.04. The van der Waals surface area contributed by atoms with Crippen LogP contribution in [0.25, 0.3) is 11.0 Å². The molecule has 0 saturated carbocycles. The summed E-state index contributed by atoms with van der Waals surface area (Å²) >= 11 is 3.28. The number of rotatable bonds is 5. The summed E-state index contributed by atoms with van der Waals surface area (Å²) in [7, 11) is -3.49. The highest BCUT2D eigenvalue weighted by atomic mass is 79.9. The zero-order valence-corrected chi connectivity index (χ0v) is 15.9. The second-order valence-electron chi connectivity index (χ2n) is 5.77. The third kappa shape index (κ3) is 3.88. The van der Waals surface area contributed by atoms with Crippen molar-refractivity contribution in [1.82, 2.24) is 0 Å². The number of amides is 1. The Hall–Kier alpha value is -2.39. The Labute approximate surface area is 157 Å². The minimum atomic E-state index is -3.49. The van der Waals surface area contributed by atoms with E-state index >= 15 is 0 Å². The first-order valence-electron chi connectivity index (χ1n) is 7.41. The molecule has 26 heavy (non-hydrogen) atoms. The molecule has 0 radical (unpaired) electrons. The van der Waals surface area contributed by atoms with E-state index < -0.39 is 15.9 Å². The fraction of sp³-hybridized carbons (Fsp3) is 0.118. The van der Waals surface area contributed by atoms with Crippen molar-refractivity contribution in [3.8, 4) is 0 Å². The first-order chi connectivity index (χ1) is 12.1. The van der Waals surface area contributed by atoms with E-state index in [0.717, 1.165) is 11.8 Å². The molecular weight excluding hydrogens is 427 g/mol. The number of hydrogen-bond donors (Lipinski definition) is 2. The van der Waals surface area contributed by atoms with Crippen molar-refractivity contribution in [2.75, 3.05) is 11.0 Å². The van der Waals surface area contributed by atoms with Gasteiger partial charge in [-0.3, -0.25) is 9.52 Å². The molecule has 0 fully saturated rings. The van der Waals surface area contributed by atoms with E-state index in [1.54, 1.807) is 18.2 Å². The van der Waals surface area contributed by atoms with Gasteiger partial charge in [-0.1, -0.05) is 12.1 Å². The lowest BCUT2D eigenvalue weighted by molar-refractivity contribution is 0.1000. The molecule has 2 aromatic carbocycles. The molecule has 0 aliphatic carbocycles. The lowest BCUT2D eigenvalue weighted by Gasteiger charge is -2.06. The molecule has 1 heterocycles. The lowest BCUT2D eigenvalue weighted by Crippen LogP contribution is -2.13. The number of fused-ring (bicyclic) bond motifs is 1. The molecule has 0 unspecified atom stereocenters. The summed E-state index contributed by atoms with van der Waals surface area (Å²) < 4.78 is 44.6. The number of halogens is 2. The van der Waals surface area contributed by atoms with E-state index in [4.69, 9.17) is 10.2 Å². The van der Waals surface area contributed by atoms with E-state index in [1.165, 1.54) is 18.2 Å². The van der Waals surface area contributed by atoms with Crippen LogP contribution >= 0.6 is 15.9 Å². The van der Waals surface area contributed by atoms with Crippen molar-refractivity contribution in [3.63, 3.8) is 0 Å². The quantitative estimate of drug-likeness (QED) is 0.634. The first-order valence-corrected chi connectivity index (χ1v) is 10.1. The Balaban J connectivity index is 2.12. The Morgan fingerprint density at radius 3 is 2.50 bits per heavy atom. The third-order valence-corrected chi connectivity index (χ3v) is 4.92. The topological polar surface area (TPSA) is 102 Å². The summed E-state index contributed by atoms with van der Waals surface area (Å²) in [6.07, 6.45) is 1.26. The van der Waals surface area contributed by atoms with Crippen molar-refractivity contribution in [2.24, 2.45) is 5.73 Å². The largest absolute Gasteiger partial charge is 0.460 e. The molecular formula is C17H14BrFN2O4S. The monoisotopic (exact) mass is 440 g/mol. The van der Waals surface area contributed by atoms with E-state index in [-0.39, 0.29) is 23.5 Å². The summed E-state index contributed by atoms with van der Waals surface area (Å²) in [5.74, 6) is -0.715. The Bertz CT molecular complexity index is 1110. The fourth-order valence-corrected chi connectivity index (χ4v) is 3.77. The van der Waals surface area contributed by atoms with Gasteiger partial charge < -0.3 is 10.2 Å². The fourth-order valence-electron chi connectivity index (χ4n) is 2.63. The van der Waals surface area contributed by atoms with Gasteiger partial charge in [-0.2, -0.15) is 0 Å². The highest BCUT2D eigenvalue weighted by Crippen LogP contribution is 2.34. The summed E-state index contributed by atoms with van der Waals surface area (Å²) in [5, 5.41) is 0.459. The highest BCUT2D eigenvalue weighted by molar-refractivity contribution is 9.10. The zero-order valence-electron chi connectivity index (χ0n) is 13.5. The minimum Gasteiger partial charge on any atom is -0.460 e. The number of primary amides is 1. The Morgan fingerprint density at radius 1 is 1.27 bits per heavy atom. The van der Waals surface area contributed by atoms with E-state index in [2.05, 4.69) is 20.7 Å². The standard InChI is InChI=1S/C17H14BrFN2O4S/c1-26(23,24)21-13-8-14-11(7-12(13)18)16(17(20)22)15(25-14)6-9-2-4-10(19)5-3-9/h2-5,7-8,21H,6H2,1H3,(H2,20,22). The molecule has 0 spiro atoms. The molecule has 6 nitrogen and oxygen atoms in total. The van der Waals surface area contributed by atoms with Crippen LogP contribution in [0.15, 0.2) is 45.3 Å². The smallest absolute Gasteiger partial charge is 0.252 e. The van der Waals surface area contributed by atoms with Crippen LogP contribution in [-0.2, 0) is 16.4 Å². The molecule has 1 amide bonds. The van der Waals surface area contributed by atoms with Crippen LogP contribution in [-0.4, -0.2) is 20.6 Å². The minimum absolute atomic E-state index is 0.205. The first kappa shape index (κ1) is 18.4. The highest BCUT2D eigenvalue weighted by Gasteiger charge is 2.21. The van der Waals surface area contributed by atoms with Crippen LogP contribution in [0.3, 0.4) is 0 Å². The van der Waals surface area contributed by atoms with Gasteiger partial charge in [0.2, 0.25) is 10.0 Å². The Morgan fingerprint density at radius 2 is 1.92 bits per heavy atom. The Kier molecular flexibility index (Phi) is 4.76. The summed E-state index contributed by atoms with van der Waals surface area (Å²) in [6.45, 7) is 0. The number of carbonyl (C=O) groups is 1. The SMILES string of the molecule is CS(=O)(=O)Nc1cc2oc(Cc3ccc(F)cc3)c(C(N)=O)c2cc1Br. The van der Waals surface area contributed by atoms with Gasteiger partial charge in [-0.05, 0) is 39.7 Å². The van der Waals surface area contributed by atoms with Gasteiger partial charge in [0.1, 0.15) is 17.2 Å². The van der Waals surface area contributed by atoms with Crippen molar-refractivity contribution in [2.45, 2.75) is 6.42 Å². The molecule has 3 rings (SSSR count). The number of nitrogens with two attached hydrogens (primary N) is 1. The maximum atomic E-state index is 13.1. The van der Waals surface area contributed by atoms with E-state index in [9.17, 15) is 17.6 Å². The lowest BCUT2D eigenvalue weighted by atomic mass is 10.0. The predicted molar refractivity (Wildman–Crippen MR) is 100 cm³/mol. The van der Waals surface area contributed by atoms with E-state index in [0.29, 0.717) is 21.2 Å². The number of benzene rings is 2. The molecule has 136 valence electrons. The number of anilines is 1. The van der Waals surface area contributed by atoms with Crippen molar-refractivity contribution >= 4 is 48.5 Å². The van der Waals surface area contributed by atoms with Crippen LogP contribution in [0.2, 0.25) is 0 Å². The number of furan rings is 1. The molecule has 3 N–H and O–H groups in total. The van der Waals surface area contributed by atoms with Gasteiger partial charge >= 0.3 is 0 Å². The van der Waals surface area contributed by atoms with Crippen LogP contribution in [0.5, 0.6) is 0 Å². The molecule has 0 aliphatic rings. The van der Waals surface area contributed by atoms with Crippen molar-refractivity contribution in [3.05, 3.63) is 63.6 Å². The average molecular weight is 441 g/mol. The van der Waals surface area contributed by atoms with Gasteiger partial charge in [0.25, 0.3) is 5.91 Å². The molecule has 9 heteroatoms. The predicted octanol–water partition coefficient (Wildman–Crippen LogP) is 3.40. The van der Waals surface area contributed by atoms with Crippen LogP contribution < -0.4 is 10.5 Å². The molecule has 0 atom stereocenters.